The Hall–Kier alpha value is -0.770. The molecule has 0 bridgehead atoms. The Balaban J connectivity index is 2.24. The average Bonchev–Trinajstić information content (AvgIpc) is 2.10. The molecule has 1 unspecified atom stereocenters. The molecule has 2 amide bonds. The highest BCUT2D eigenvalue weighted by Crippen LogP contribution is 2.22. The van der Waals surface area contributed by atoms with E-state index in [1.807, 2.05) is 26.0 Å². The number of urea groups is 1. The maximum Gasteiger partial charge on any atom is 0.319 e. The fourth-order valence-corrected chi connectivity index (χ4v) is 1.76. The summed E-state index contributed by atoms with van der Waals surface area (Å²) in [6.07, 6.45) is 3.45. The molecule has 1 fully saturated rings. The molecule has 0 aromatic heterocycles. The van der Waals surface area contributed by atoms with Crippen LogP contribution in [0.5, 0.6) is 0 Å². The second-order valence-corrected chi connectivity index (χ2v) is 4.06. The minimum atomic E-state index is 0.158. The number of hydrogen-bond donors (Lipinski definition) is 1. The van der Waals surface area contributed by atoms with Crippen LogP contribution in [0.25, 0.3) is 0 Å². The fourth-order valence-electron chi connectivity index (χ4n) is 1.76. The number of carbonyl (C=O) groups excluding carboxylic acids is 1. The van der Waals surface area contributed by atoms with E-state index >= 15 is 0 Å². The molecule has 1 aliphatic rings. The van der Waals surface area contributed by atoms with Crippen LogP contribution >= 0.6 is 0 Å². The standard InChI is InChI=1S/C10H21N3O/c1-11-7-4-5-9-6-8-13(9)10(14)12(2)3/h9,11H,4-8H2,1-3H3. The van der Waals surface area contributed by atoms with E-state index in [0.717, 1.165) is 25.9 Å². The Bertz CT molecular complexity index is 194. The van der Waals surface area contributed by atoms with E-state index in [-0.39, 0.29) is 6.03 Å². The molecule has 1 saturated heterocycles. The van der Waals surface area contributed by atoms with Crippen LogP contribution in [-0.4, -0.2) is 56.1 Å². The van der Waals surface area contributed by atoms with E-state index in [1.54, 1.807) is 4.90 Å². The zero-order valence-electron chi connectivity index (χ0n) is 9.42. The van der Waals surface area contributed by atoms with Gasteiger partial charge in [-0.05, 0) is 32.9 Å². The molecule has 0 radical (unpaired) electrons. The molecule has 1 rings (SSSR count). The molecule has 1 atom stereocenters. The summed E-state index contributed by atoms with van der Waals surface area (Å²) >= 11 is 0. The van der Waals surface area contributed by atoms with Gasteiger partial charge in [-0.25, -0.2) is 4.79 Å². The van der Waals surface area contributed by atoms with Gasteiger partial charge in [0.1, 0.15) is 0 Å². The maximum atomic E-state index is 11.6. The summed E-state index contributed by atoms with van der Waals surface area (Å²) in [5.41, 5.74) is 0. The normalized spacial score (nSPS) is 20.5. The molecule has 1 N–H and O–H groups in total. The van der Waals surface area contributed by atoms with Gasteiger partial charge in [0.25, 0.3) is 0 Å². The van der Waals surface area contributed by atoms with Crippen molar-refractivity contribution in [3.8, 4) is 0 Å². The summed E-state index contributed by atoms with van der Waals surface area (Å²) in [6, 6.07) is 0.643. The smallest absolute Gasteiger partial charge is 0.319 e. The van der Waals surface area contributed by atoms with Crippen molar-refractivity contribution >= 4 is 6.03 Å². The molecule has 0 aromatic rings. The highest BCUT2D eigenvalue weighted by molar-refractivity contribution is 5.75. The Labute approximate surface area is 86.2 Å². The van der Waals surface area contributed by atoms with Gasteiger partial charge in [0.2, 0.25) is 0 Å². The fraction of sp³-hybridized carbons (Fsp3) is 0.900. The summed E-state index contributed by atoms with van der Waals surface area (Å²) in [4.78, 5) is 15.2. The lowest BCUT2D eigenvalue weighted by Crippen LogP contribution is -2.54. The zero-order chi connectivity index (χ0) is 10.6. The van der Waals surface area contributed by atoms with E-state index in [2.05, 4.69) is 5.32 Å². The van der Waals surface area contributed by atoms with Crippen LogP contribution in [0.15, 0.2) is 0 Å². The van der Waals surface area contributed by atoms with Gasteiger partial charge in [-0.2, -0.15) is 0 Å². The van der Waals surface area contributed by atoms with Crippen molar-refractivity contribution in [2.24, 2.45) is 0 Å². The zero-order valence-corrected chi connectivity index (χ0v) is 9.42. The monoisotopic (exact) mass is 199 g/mol. The van der Waals surface area contributed by atoms with Gasteiger partial charge in [0, 0.05) is 26.7 Å². The van der Waals surface area contributed by atoms with Gasteiger partial charge in [-0.3, -0.25) is 0 Å². The largest absolute Gasteiger partial charge is 0.331 e. The highest BCUT2D eigenvalue weighted by Gasteiger charge is 2.32. The van der Waals surface area contributed by atoms with Crippen LogP contribution < -0.4 is 5.32 Å². The third kappa shape index (κ3) is 2.61. The quantitative estimate of drug-likeness (QED) is 0.678. The van der Waals surface area contributed by atoms with Crippen LogP contribution in [0.1, 0.15) is 19.3 Å². The third-order valence-electron chi connectivity index (χ3n) is 2.74. The number of likely N-dealkylation sites (tertiary alicyclic amines) is 1. The molecule has 4 heteroatoms. The molecule has 14 heavy (non-hydrogen) atoms. The molecule has 0 saturated carbocycles. The number of rotatable bonds is 4. The van der Waals surface area contributed by atoms with Crippen molar-refractivity contribution in [3.63, 3.8) is 0 Å². The third-order valence-corrected chi connectivity index (χ3v) is 2.74. The van der Waals surface area contributed by atoms with Gasteiger partial charge < -0.3 is 15.1 Å². The van der Waals surface area contributed by atoms with E-state index < -0.39 is 0 Å². The summed E-state index contributed by atoms with van der Waals surface area (Å²) < 4.78 is 0. The summed E-state index contributed by atoms with van der Waals surface area (Å²) in [5.74, 6) is 0. The minimum Gasteiger partial charge on any atom is -0.331 e. The summed E-state index contributed by atoms with van der Waals surface area (Å²) in [6.45, 7) is 1.97. The van der Waals surface area contributed by atoms with Gasteiger partial charge in [-0.1, -0.05) is 0 Å². The molecule has 0 spiro atoms. The first-order valence-electron chi connectivity index (χ1n) is 5.29. The number of nitrogens with one attached hydrogen (secondary N) is 1. The number of amides is 2. The summed E-state index contributed by atoms with van der Waals surface area (Å²) in [5, 5.41) is 3.12. The average molecular weight is 199 g/mol. The van der Waals surface area contributed by atoms with Gasteiger partial charge in [0.15, 0.2) is 0 Å². The molecule has 1 heterocycles. The Morgan fingerprint density at radius 1 is 1.57 bits per heavy atom. The molecule has 4 nitrogen and oxygen atoms in total. The molecule has 0 aliphatic carbocycles. The second kappa shape index (κ2) is 5.20. The Morgan fingerprint density at radius 2 is 2.29 bits per heavy atom. The minimum absolute atomic E-state index is 0.158. The van der Waals surface area contributed by atoms with Crippen molar-refractivity contribution in [1.82, 2.24) is 15.1 Å². The predicted octanol–water partition coefficient (Wildman–Crippen LogP) is 0.742. The predicted molar refractivity (Wildman–Crippen MR) is 57.4 cm³/mol. The molecular formula is C10H21N3O. The van der Waals surface area contributed by atoms with Crippen LogP contribution in [0, 0.1) is 0 Å². The highest BCUT2D eigenvalue weighted by atomic mass is 16.2. The number of nitrogens with zero attached hydrogens (tertiary/aromatic N) is 2. The molecular weight excluding hydrogens is 178 g/mol. The van der Waals surface area contributed by atoms with Crippen LogP contribution in [0.4, 0.5) is 4.79 Å². The molecule has 82 valence electrons. The number of carbonyl (C=O) groups is 1. The number of hydrogen-bond acceptors (Lipinski definition) is 2. The lowest BCUT2D eigenvalue weighted by atomic mass is 9.98. The first-order valence-corrected chi connectivity index (χ1v) is 5.29. The van der Waals surface area contributed by atoms with Crippen LogP contribution in [0.2, 0.25) is 0 Å². The molecule has 1 aliphatic heterocycles. The van der Waals surface area contributed by atoms with Gasteiger partial charge in [0.05, 0.1) is 0 Å². The van der Waals surface area contributed by atoms with Crippen molar-refractivity contribution in [1.29, 1.82) is 0 Å². The summed E-state index contributed by atoms with van der Waals surface area (Å²) in [7, 11) is 5.58. The van der Waals surface area contributed by atoms with E-state index in [9.17, 15) is 4.79 Å². The Kier molecular flexibility index (Phi) is 4.20. The lowest BCUT2D eigenvalue weighted by molar-refractivity contribution is 0.0897. The first-order chi connectivity index (χ1) is 6.66. The van der Waals surface area contributed by atoms with Crippen molar-refractivity contribution in [2.75, 3.05) is 34.2 Å². The van der Waals surface area contributed by atoms with Crippen LogP contribution in [-0.2, 0) is 0 Å². The van der Waals surface area contributed by atoms with E-state index in [4.69, 9.17) is 0 Å². The maximum absolute atomic E-state index is 11.6. The first kappa shape index (κ1) is 11.3. The lowest BCUT2D eigenvalue weighted by Gasteiger charge is -2.42. The van der Waals surface area contributed by atoms with Crippen LogP contribution in [0.3, 0.4) is 0 Å². The van der Waals surface area contributed by atoms with Crippen molar-refractivity contribution in [3.05, 3.63) is 0 Å². The second-order valence-electron chi connectivity index (χ2n) is 4.06. The Morgan fingerprint density at radius 3 is 2.71 bits per heavy atom. The van der Waals surface area contributed by atoms with E-state index in [0.29, 0.717) is 6.04 Å². The van der Waals surface area contributed by atoms with Gasteiger partial charge >= 0.3 is 6.03 Å². The van der Waals surface area contributed by atoms with E-state index in [1.165, 1.54) is 6.42 Å². The van der Waals surface area contributed by atoms with Crippen molar-refractivity contribution in [2.45, 2.75) is 25.3 Å². The van der Waals surface area contributed by atoms with Gasteiger partial charge in [-0.15, -0.1) is 0 Å². The SMILES string of the molecule is CNCCCC1CCN1C(=O)N(C)C. The van der Waals surface area contributed by atoms with Crippen molar-refractivity contribution < 1.29 is 4.79 Å². The molecule has 0 aromatic carbocycles. The topological polar surface area (TPSA) is 35.6 Å².